The van der Waals surface area contributed by atoms with Crippen LogP contribution in [0, 0.1) is 12.2 Å². The molecule has 0 spiro atoms. The topological polar surface area (TPSA) is 0 Å². The summed E-state index contributed by atoms with van der Waals surface area (Å²) >= 11 is 0. The molecule has 1 radical (unpaired) electrons. The molecule has 103 valence electrons. The molecule has 0 saturated heterocycles. The van der Waals surface area contributed by atoms with Crippen LogP contribution in [0.3, 0.4) is 0 Å². The van der Waals surface area contributed by atoms with Crippen molar-refractivity contribution in [2.75, 3.05) is 0 Å². The second kappa shape index (κ2) is 20.0. The predicted octanol–water partition coefficient (Wildman–Crippen LogP) is 4.75. The second-order valence-electron chi connectivity index (χ2n) is 3.51. The van der Waals surface area contributed by atoms with Gasteiger partial charge in [-0.1, -0.05) is 26.9 Å². The molecule has 2 rings (SSSR count). The maximum atomic E-state index is 3.12. The van der Waals surface area contributed by atoms with Crippen LogP contribution in [0.5, 0.6) is 0 Å². The van der Waals surface area contributed by atoms with Gasteiger partial charge in [0.05, 0.1) is 0 Å². The number of hydrogen-bond donors (Lipinski definition) is 0. The van der Waals surface area contributed by atoms with Crippen LogP contribution in [0.25, 0.3) is 0 Å². The predicted molar refractivity (Wildman–Crippen MR) is 85.7 cm³/mol. The molecule has 4 heteroatoms. The molecular weight excluding hydrogens is 446 g/mol. The number of hydrogen-bond acceptors (Lipinski definition) is 0. The monoisotopic (exact) mass is 469 g/mol. The summed E-state index contributed by atoms with van der Waals surface area (Å²) in [6, 6.07) is 0. The first kappa shape index (κ1) is 27.1. The van der Waals surface area contributed by atoms with Crippen molar-refractivity contribution in [2.24, 2.45) is 0 Å². The van der Waals surface area contributed by atoms with E-state index in [0.29, 0.717) is 0 Å². The minimum absolute atomic E-state index is 0. The van der Waals surface area contributed by atoms with E-state index >= 15 is 0 Å². The van der Waals surface area contributed by atoms with Crippen molar-refractivity contribution in [3.8, 4) is 0 Å². The van der Waals surface area contributed by atoms with Gasteiger partial charge < -0.3 is 0 Å². The fourth-order valence-corrected chi connectivity index (χ4v) is 1.03. The Morgan fingerprint density at radius 3 is 1.22 bits per heavy atom. The third-order valence-corrected chi connectivity index (χ3v) is 1.73. The van der Waals surface area contributed by atoms with Crippen molar-refractivity contribution in [1.29, 1.82) is 0 Å². The molecule has 0 saturated carbocycles. The standard InChI is InChI=1S/2C6H7.C2H7Si.2ClH.Hf/c2*1-6-4-2-3-5-6;1-3-2;;;/h2*2,4H,3H2,1H3;3H,1-2H3;2*1H;/q2*-1;;;;. The van der Waals surface area contributed by atoms with Gasteiger partial charge in [-0.25, -0.2) is 23.3 Å². The van der Waals surface area contributed by atoms with Crippen LogP contribution in [0.4, 0.5) is 0 Å². The Morgan fingerprint density at radius 1 is 0.889 bits per heavy atom. The quantitative estimate of drug-likeness (QED) is 0.355. The van der Waals surface area contributed by atoms with Gasteiger partial charge in [0.15, 0.2) is 0 Å². The summed E-state index contributed by atoms with van der Waals surface area (Å²) in [6.07, 6.45) is 16.7. The summed E-state index contributed by atoms with van der Waals surface area (Å²) in [4.78, 5) is 0. The SMILES string of the molecule is CC1=[C-]CC=C1.CC1=[C-]CC=C1.C[SiH]C.Cl.Cl.[Hf]. The van der Waals surface area contributed by atoms with Gasteiger partial charge in [0, 0.05) is 35.4 Å². The first-order chi connectivity index (χ1) is 7.20. The molecule has 0 nitrogen and oxygen atoms in total. The van der Waals surface area contributed by atoms with Gasteiger partial charge in [0.25, 0.3) is 0 Å². The van der Waals surface area contributed by atoms with Crippen LogP contribution < -0.4 is 0 Å². The maximum Gasteiger partial charge on any atom is 0.0213 e. The summed E-state index contributed by atoms with van der Waals surface area (Å²) in [5, 5.41) is 0. The molecule has 2 aliphatic rings. The molecule has 0 N–H and O–H groups in total. The summed E-state index contributed by atoms with van der Waals surface area (Å²) in [6.45, 7) is 8.53. The Balaban J connectivity index is -0.0000000793. The Labute approximate surface area is 147 Å². The molecule has 0 unspecified atom stereocenters. The molecule has 0 amide bonds. The average Bonchev–Trinajstić information content (AvgIpc) is 2.81. The van der Waals surface area contributed by atoms with Gasteiger partial charge in [0.1, 0.15) is 0 Å². The first-order valence-electron chi connectivity index (χ1n) is 5.42. The number of rotatable bonds is 0. The van der Waals surface area contributed by atoms with Crippen LogP contribution in [0.2, 0.25) is 13.1 Å². The molecule has 18 heavy (non-hydrogen) atoms. The second-order valence-corrected chi connectivity index (χ2v) is 4.66. The van der Waals surface area contributed by atoms with E-state index in [-0.39, 0.29) is 50.7 Å². The van der Waals surface area contributed by atoms with Gasteiger partial charge in [-0.3, -0.25) is 12.2 Å². The van der Waals surface area contributed by atoms with Gasteiger partial charge >= 0.3 is 0 Å². The van der Waals surface area contributed by atoms with Crippen LogP contribution in [0.15, 0.2) is 35.5 Å². The van der Waals surface area contributed by atoms with Crippen LogP contribution in [0.1, 0.15) is 26.7 Å². The van der Waals surface area contributed by atoms with Gasteiger partial charge in [-0.15, -0.1) is 37.7 Å². The fraction of sp³-hybridized carbons (Fsp3) is 0.429. The molecule has 0 heterocycles. The third kappa shape index (κ3) is 19.0. The zero-order valence-electron chi connectivity index (χ0n) is 11.6. The van der Waals surface area contributed by atoms with Crippen LogP contribution >= 0.6 is 24.8 Å². The molecule has 0 aromatic rings. The average molecular weight is 469 g/mol. The molecule has 0 aromatic carbocycles. The summed E-state index contributed by atoms with van der Waals surface area (Å²) in [5.41, 5.74) is 2.55. The molecule has 0 aromatic heterocycles. The van der Waals surface area contributed by atoms with E-state index in [2.05, 4.69) is 63.4 Å². The van der Waals surface area contributed by atoms with E-state index in [1.807, 2.05) is 0 Å². The van der Waals surface area contributed by atoms with Crippen molar-refractivity contribution in [2.45, 2.75) is 39.8 Å². The first-order valence-corrected chi connectivity index (χ1v) is 7.73. The van der Waals surface area contributed by atoms with Gasteiger partial charge in [-0.2, -0.15) is 12.2 Å². The van der Waals surface area contributed by atoms with E-state index in [1.54, 1.807) is 0 Å². The van der Waals surface area contributed by atoms with Gasteiger partial charge in [0.2, 0.25) is 0 Å². The van der Waals surface area contributed by atoms with Gasteiger partial charge in [-0.05, 0) is 0 Å². The summed E-state index contributed by atoms with van der Waals surface area (Å²) < 4.78 is 0. The minimum atomic E-state index is 0. The van der Waals surface area contributed by atoms with Crippen molar-refractivity contribution < 1.29 is 25.8 Å². The summed E-state index contributed by atoms with van der Waals surface area (Å²) in [5.74, 6) is 0. The van der Waals surface area contributed by atoms with E-state index < -0.39 is 0 Å². The van der Waals surface area contributed by atoms with E-state index in [1.165, 1.54) is 11.1 Å². The number of halogens is 2. The van der Waals surface area contributed by atoms with Crippen molar-refractivity contribution in [3.05, 3.63) is 47.6 Å². The third-order valence-electron chi connectivity index (χ3n) is 1.73. The van der Waals surface area contributed by atoms with E-state index in [4.69, 9.17) is 0 Å². The molecule has 0 aliphatic heterocycles. The normalized spacial score (nSPS) is 13.3. The zero-order chi connectivity index (χ0) is 11.5. The summed E-state index contributed by atoms with van der Waals surface area (Å²) in [7, 11) is 0.750. The maximum absolute atomic E-state index is 3.12. The molecule has 0 atom stereocenters. The van der Waals surface area contributed by atoms with Crippen LogP contribution in [-0.2, 0) is 25.8 Å². The van der Waals surface area contributed by atoms with E-state index in [0.717, 1.165) is 22.4 Å². The van der Waals surface area contributed by atoms with Crippen LogP contribution in [-0.4, -0.2) is 9.52 Å². The molecular formula is C14H23Cl2HfSi-2. The smallest absolute Gasteiger partial charge is 0.0213 e. The fourth-order valence-electron chi connectivity index (χ4n) is 1.03. The number of allylic oxidation sites excluding steroid dienone is 8. The Morgan fingerprint density at radius 2 is 1.17 bits per heavy atom. The minimum Gasteiger partial charge on any atom is -0.270 e. The van der Waals surface area contributed by atoms with Crippen molar-refractivity contribution in [3.63, 3.8) is 0 Å². The van der Waals surface area contributed by atoms with E-state index in [9.17, 15) is 0 Å². The van der Waals surface area contributed by atoms with Crippen molar-refractivity contribution in [1.82, 2.24) is 0 Å². The molecule has 0 bridgehead atoms. The Bertz CT molecular complexity index is 248. The Kier molecular flexibility index (Phi) is 30.0. The Hall–Kier alpha value is 0.627. The largest absolute Gasteiger partial charge is 0.270 e. The zero-order valence-corrected chi connectivity index (χ0v) is 18.0. The molecule has 0 fully saturated rings. The van der Waals surface area contributed by atoms with Crippen molar-refractivity contribution >= 4 is 34.3 Å². The molecule has 2 aliphatic carbocycles.